The van der Waals surface area contributed by atoms with E-state index in [9.17, 15) is 4.79 Å². The fourth-order valence-electron chi connectivity index (χ4n) is 2.52. The van der Waals surface area contributed by atoms with E-state index >= 15 is 0 Å². The van der Waals surface area contributed by atoms with Gasteiger partial charge in [0.1, 0.15) is 11.6 Å². The van der Waals surface area contributed by atoms with Gasteiger partial charge in [-0.25, -0.2) is 9.67 Å². The summed E-state index contributed by atoms with van der Waals surface area (Å²) in [5.74, 6) is 2.25. The van der Waals surface area contributed by atoms with E-state index in [0.29, 0.717) is 5.92 Å². The highest BCUT2D eigenvalue weighted by Crippen LogP contribution is 2.18. The number of aryl methyl sites for hydroxylation is 2. The Morgan fingerprint density at radius 2 is 2.33 bits per heavy atom. The van der Waals surface area contributed by atoms with Crippen LogP contribution in [0.5, 0.6) is 0 Å². The van der Waals surface area contributed by atoms with Gasteiger partial charge in [0.25, 0.3) is 0 Å². The highest BCUT2D eigenvalue weighted by molar-refractivity contribution is 5.87. The molecule has 1 aromatic rings. The van der Waals surface area contributed by atoms with E-state index in [0.717, 1.165) is 44.1 Å². The lowest BCUT2D eigenvalue weighted by Gasteiger charge is -2.32. The van der Waals surface area contributed by atoms with Crippen LogP contribution in [0.25, 0.3) is 0 Å². The van der Waals surface area contributed by atoms with Crippen LogP contribution in [0, 0.1) is 19.8 Å². The van der Waals surface area contributed by atoms with Gasteiger partial charge in [-0.15, -0.1) is 0 Å². The van der Waals surface area contributed by atoms with Crippen LogP contribution in [0.3, 0.4) is 0 Å². The van der Waals surface area contributed by atoms with Crippen LogP contribution in [-0.2, 0) is 11.3 Å². The molecule has 18 heavy (non-hydrogen) atoms. The Bertz CT molecular complexity index is 452. The minimum Gasteiger partial charge on any atom is -0.339 e. The van der Waals surface area contributed by atoms with Crippen molar-refractivity contribution < 1.29 is 4.79 Å². The molecule has 0 bridgehead atoms. The third kappa shape index (κ3) is 2.78. The molecule has 1 aliphatic heterocycles. The lowest BCUT2D eigenvalue weighted by molar-refractivity contribution is -0.127. The van der Waals surface area contributed by atoms with Crippen LogP contribution < -0.4 is 0 Å². The van der Waals surface area contributed by atoms with Gasteiger partial charge >= 0.3 is 0 Å². The van der Waals surface area contributed by atoms with Gasteiger partial charge in [-0.2, -0.15) is 5.10 Å². The summed E-state index contributed by atoms with van der Waals surface area (Å²) in [5.41, 5.74) is 0. The lowest BCUT2D eigenvalue weighted by Crippen LogP contribution is -2.40. The SMILES string of the molecule is C=CC(=O)N1CCCC(Cn2nc(C)nc2C)C1. The van der Waals surface area contributed by atoms with Gasteiger partial charge in [0, 0.05) is 19.6 Å². The zero-order valence-electron chi connectivity index (χ0n) is 11.1. The minimum absolute atomic E-state index is 0.0335. The Kier molecular flexibility index (Phi) is 3.79. The van der Waals surface area contributed by atoms with Crippen molar-refractivity contribution in [2.75, 3.05) is 13.1 Å². The average molecular weight is 248 g/mol. The molecule has 2 rings (SSSR count). The van der Waals surface area contributed by atoms with E-state index in [1.165, 1.54) is 6.08 Å². The van der Waals surface area contributed by atoms with E-state index in [1.54, 1.807) is 0 Å². The molecule has 0 saturated carbocycles. The minimum atomic E-state index is 0.0335. The molecule has 1 fully saturated rings. The molecule has 0 aliphatic carbocycles. The molecule has 1 aromatic heterocycles. The molecule has 1 aliphatic rings. The standard InChI is InChI=1S/C13H20N4O/c1-4-13(18)16-7-5-6-12(8-16)9-17-11(3)14-10(2)15-17/h4,12H,1,5-9H2,2-3H3. The molecule has 98 valence electrons. The number of piperidine rings is 1. The number of nitrogens with zero attached hydrogens (tertiary/aromatic N) is 4. The van der Waals surface area contributed by atoms with Crippen molar-refractivity contribution in [2.45, 2.75) is 33.2 Å². The second kappa shape index (κ2) is 5.33. The van der Waals surface area contributed by atoms with E-state index in [-0.39, 0.29) is 5.91 Å². The first-order valence-electron chi connectivity index (χ1n) is 6.39. The fourth-order valence-corrected chi connectivity index (χ4v) is 2.52. The maximum absolute atomic E-state index is 11.6. The fraction of sp³-hybridized carbons (Fsp3) is 0.615. The third-order valence-corrected chi connectivity index (χ3v) is 3.40. The molecule has 0 aromatic carbocycles. The van der Waals surface area contributed by atoms with Crippen molar-refractivity contribution >= 4 is 5.91 Å². The number of likely N-dealkylation sites (tertiary alicyclic amines) is 1. The van der Waals surface area contributed by atoms with Crippen LogP contribution in [0.1, 0.15) is 24.5 Å². The molecule has 1 unspecified atom stereocenters. The molecule has 1 atom stereocenters. The zero-order valence-corrected chi connectivity index (χ0v) is 11.1. The van der Waals surface area contributed by atoms with E-state index < -0.39 is 0 Å². The zero-order chi connectivity index (χ0) is 13.1. The normalized spacial score (nSPS) is 19.9. The van der Waals surface area contributed by atoms with Gasteiger partial charge in [-0.05, 0) is 38.7 Å². The molecule has 5 heteroatoms. The highest BCUT2D eigenvalue weighted by Gasteiger charge is 2.23. The maximum atomic E-state index is 11.6. The number of hydrogen-bond acceptors (Lipinski definition) is 3. The highest BCUT2D eigenvalue weighted by atomic mass is 16.2. The van der Waals surface area contributed by atoms with Crippen LogP contribution in [-0.4, -0.2) is 38.7 Å². The summed E-state index contributed by atoms with van der Waals surface area (Å²) in [6.45, 7) is 9.89. The largest absolute Gasteiger partial charge is 0.339 e. The number of amides is 1. The smallest absolute Gasteiger partial charge is 0.245 e. The van der Waals surface area contributed by atoms with Crippen molar-refractivity contribution in [3.8, 4) is 0 Å². The monoisotopic (exact) mass is 248 g/mol. The van der Waals surface area contributed by atoms with Gasteiger partial charge < -0.3 is 4.90 Å². The lowest BCUT2D eigenvalue weighted by atomic mass is 9.98. The molecule has 1 saturated heterocycles. The summed E-state index contributed by atoms with van der Waals surface area (Å²) in [7, 11) is 0. The first-order valence-corrected chi connectivity index (χ1v) is 6.39. The van der Waals surface area contributed by atoms with E-state index in [2.05, 4.69) is 16.7 Å². The predicted octanol–water partition coefficient (Wildman–Crippen LogP) is 1.32. The first-order chi connectivity index (χ1) is 8.60. The quantitative estimate of drug-likeness (QED) is 0.758. The molecule has 2 heterocycles. The number of carbonyl (C=O) groups excluding carboxylic acids is 1. The summed E-state index contributed by atoms with van der Waals surface area (Å²) in [4.78, 5) is 17.8. The molecule has 0 N–H and O–H groups in total. The second-order valence-electron chi connectivity index (χ2n) is 4.88. The van der Waals surface area contributed by atoms with Gasteiger partial charge in [-0.3, -0.25) is 4.79 Å². The van der Waals surface area contributed by atoms with Crippen LogP contribution in [0.15, 0.2) is 12.7 Å². The summed E-state index contributed by atoms with van der Waals surface area (Å²) in [5, 5.41) is 4.38. The summed E-state index contributed by atoms with van der Waals surface area (Å²) in [6.07, 6.45) is 3.59. The Hall–Kier alpha value is -1.65. The number of rotatable bonds is 3. The van der Waals surface area contributed by atoms with Crippen molar-refractivity contribution in [1.82, 2.24) is 19.7 Å². The van der Waals surface area contributed by atoms with Crippen molar-refractivity contribution in [3.05, 3.63) is 24.3 Å². The Morgan fingerprint density at radius 1 is 1.56 bits per heavy atom. The van der Waals surface area contributed by atoms with Crippen LogP contribution in [0.4, 0.5) is 0 Å². The number of hydrogen-bond donors (Lipinski definition) is 0. The Morgan fingerprint density at radius 3 is 2.94 bits per heavy atom. The van der Waals surface area contributed by atoms with Crippen LogP contribution in [0.2, 0.25) is 0 Å². The maximum Gasteiger partial charge on any atom is 0.245 e. The van der Waals surface area contributed by atoms with Crippen LogP contribution >= 0.6 is 0 Å². The number of carbonyl (C=O) groups is 1. The molecule has 0 radical (unpaired) electrons. The van der Waals surface area contributed by atoms with Gasteiger partial charge in [0.05, 0.1) is 0 Å². The first kappa shape index (κ1) is 12.8. The number of aromatic nitrogens is 3. The Labute approximate surface area is 107 Å². The van der Waals surface area contributed by atoms with E-state index in [4.69, 9.17) is 0 Å². The van der Waals surface area contributed by atoms with Gasteiger partial charge in [0.2, 0.25) is 5.91 Å². The average Bonchev–Trinajstić information content (AvgIpc) is 2.67. The Balaban J connectivity index is 1.99. The molecule has 1 amide bonds. The third-order valence-electron chi connectivity index (χ3n) is 3.40. The van der Waals surface area contributed by atoms with Gasteiger partial charge in [-0.1, -0.05) is 6.58 Å². The molecule has 0 spiro atoms. The molecule has 5 nitrogen and oxygen atoms in total. The van der Waals surface area contributed by atoms with Crippen molar-refractivity contribution in [1.29, 1.82) is 0 Å². The van der Waals surface area contributed by atoms with Crippen molar-refractivity contribution in [3.63, 3.8) is 0 Å². The van der Waals surface area contributed by atoms with Gasteiger partial charge in [0.15, 0.2) is 0 Å². The summed E-state index contributed by atoms with van der Waals surface area (Å²) in [6, 6.07) is 0. The van der Waals surface area contributed by atoms with Crippen molar-refractivity contribution in [2.24, 2.45) is 5.92 Å². The second-order valence-corrected chi connectivity index (χ2v) is 4.88. The summed E-state index contributed by atoms with van der Waals surface area (Å²) < 4.78 is 1.95. The topological polar surface area (TPSA) is 51.0 Å². The van der Waals surface area contributed by atoms with E-state index in [1.807, 2.05) is 23.4 Å². The molecular weight excluding hydrogens is 228 g/mol. The summed E-state index contributed by atoms with van der Waals surface area (Å²) >= 11 is 0. The predicted molar refractivity (Wildman–Crippen MR) is 69.0 cm³/mol. The molecular formula is C13H20N4O.